The van der Waals surface area contributed by atoms with Gasteiger partial charge in [-0.2, -0.15) is 0 Å². The fourth-order valence-corrected chi connectivity index (χ4v) is 2.24. The van der Waals surface area contributed by atoms with Crippen LogP contribution in [0.5, 0.6) is 11.5 Å². The molecule has 0 fully saturated rings. The van der Waals surface area contributed by atoms with Crippen molar-refractivity contribution in [3.8, 4) is 11.5 Å². The van der Waals surface area contributed by atoms with Crippen molar-refractivity contribution < 1.29 is 19.0 Å². The van der Waals surface area contributed by atoms with Crippen LogP contribution in [0.4, 0.5) is 4.39 Å². The molecule has 0 aliphatic rings. The van der Waals surface area contributed by atoms with Gasteiger partial charge >= 0.3 is 5.97 Å². The highest BCUT2D eigenvalue weighted by atomic mass is 32.2. The second-order valence-corrected chi connectivity index (χ2v) is 4.55. The van der Waals surface area contributed by atoms with Crippen LogP contribution in [0.25, 0.3) is 0 Å². The van der Waals surface area contributed by atoms with Crippen molar-refractivity contribution in [2.45, 2.75) is 4.90 Å². The Hall–Kier alpha value is -2.01. The van der Waals surface area contributed by atoms with E-state index in [4.69, 9.17) is 4.74 Å². The molecule has 0 atom stereocenters. The third-order valence-electron chi connectivity index (χ3n) is 2.45. The number of ether oxygens (including phenoxy) is 1. The number of carbonyl (C=O) groups is 1. The van der Waals surface area contributed by atoms with Crippen molar-refractivity contribution in [1.29, 1.82) is 0 Å². The van der Waals surface area contributed by atoms with Gasteiger partial charge in [0.15, 0.2) is 0 Å². The molecular weight excluding hydrogens is 267 g/mol. The van der Waals surface area contributed by atoms with Gasteiger partial charge in [0.1, 0.15) is 22.9 Å². The molecule has 0 heterocycles. The number of aromatic carboxylic acids is 1. The largest absolute Gasteiger partial charge is 0.478 e. The standard InChI is InChI=1S/C14H11FO3S/c1-19-12-7-3-6-11(13(12)14(16)17)18-10-5-2-4-9(15)8-10/h2-8H,1H3,(H,16,17). The number of hydrogen-bond donors (Lipinski definition) is 1. The molecule has 0 saturated heterocycles. The molecule has 2 aromatic rings. The van der Waals surface area contributed by atoms with Gasteiger partial charge in [-0.25, -0.2) is 9.18 Å². The molecule has 3 nitrogen and oxygen atoms in total. The molecular formula is C14H11FO3S. The topological polar surface area (TPSA) is 46.5 Å². The summed E-state index contributed by atoms with van der Waals surface area (Å²) in [4.78, 5) is 11.9. The number of hydrogen-bond acceptors (Lipinski definition) is 3. The van der Waals surface area contributed by atoms with E-state index in [1.807, 2.05) is 0 Å². The van der Waals surface area contributed by atoms with Gasteiger partial charge in [0.05, 0.1) is 0 Å². The zero-order valence-corrected chi connectivity index (χ0v) is 10.9. The van der Waals surface area contributed by atoms with Crippen LogP contribution >= 0.6 is 11.8 Å². The maximum Gasteiger partial charge on any atom is 0.340 e. The smallest absolute Gasteiger partial charge is 0.340 e. The molecule has 2 aromatic carbocycles. The van der Waals surface area contributed by atoms with Crippen molar-refractivity contribution in [3.05, 3.63) is 53.8 Å². The average molecular weight is 278 g/mol. The quantitative estimate of drug-likeness (QED) is 0.857. The Morgan fingerprint density at radius 2 is 2.00 bits per heavy atom. The van der Waals surface area contributed by atoms with Crippen molar-refractivity contribution in [2.24, 2.45) is 0 Å². The molecule has 0 bridgehead atoms. The molecule has 0 aliphatic heterocycles. The Labute approximate surface area is 114 Å². The van der Waals surface area contributed by atoms with E-state index in [-0.39, 0.29) is 17.1 Å². The van der Waals surface area contributed by atoms with Gasteiger partial charge in [-0.05, 0) is 30.5 Å². The molecule has 19 heavy (non-hydrogen) atoms. The summed E-state index contributed by atoms with van der Waals surface area (Å²) >= 11 is 1.32. The van der Waals surface area contributed by atoms with Crippen LogP contribution in [0, 0.1) is 5.82 Å². The molecule has 0 aromatic heterocycles. The Balaban J connectivity index is 2.42. The van der Waals surface area contributed by atoms with Crippen LogP contribution in [0.1, 0.15) is 10.4 Å². The van der Waals surface area contributed by atoms with Crippen molar-refractivity contribution >= 4 is 17.7 Å². The number of benzene rings is 2. The Morgan fingerprint density at radius 3 is 2.63 bits per heavy atom. The van der Waals surface area contributed by atoms with Gasteiger partial charge in [0.2, 0.25) is 0 Å². The first-order chi connectivity index (χ1) is 9.11. The van der Waals surface area contributed by atoms with Gasteiger partial charge in [0, 0.05) is 11.0 Å². The van der Waals surface area contributed by atoms with Gasteiger partial charge in [-0.1, -0.05) is 12.1 Å². The van der Waals surface area contributed by atoms with Crippen molar-refractivity contribution in [1.82, 2.24) is 0 Å². The van der Waals surface area contributed by atoms with Crippen molar-refractivity contribution in [2.75, 3.05) is 6.26 Å². The molecule has 0 spiro atoms. The third-order valence-corrected chi connectivity index (χ3v) is 3.23. The zero-order chi connectivity index (χ0) is 13.8. The van der Waals surface area contributed by atoms with E-state index in [0.717, 1.165) is 0 Å². The maximum absolute atomic E-state index is 13.1. The Bertz CT molecular complexity index is 613. The lowest BCUT2D eigenvalue weighted by Crippen LogP contribution is -2.02. The van der Waals surface area contributed by atoms with Crippen LogP contribution in [0.3, 0.4) is 0 Å². The fraction of sp³-hybridized carbons (Fsp3) is 0.0714. The highest BCUT2D eigenvalue weighted by Gasteiger charge is 2.16. The minimum atomic E-state index is -1.07. The Morgan fingerprint density at radius 1 is 1.26 bits per heavy atom. The first kappa shape index (κ1) is 13.4. The first-order valence-electron chi connectivity index (χ1n) is 5.45. The predicted octanol–water partition coefficient (Wildman–Crippen LogP) is 4.04. The third kappa shape index (κ3) is 3.06. The second-order valence-electron chi connectivity index (χ2n) is 3.70. The van der Waals surface area contributed by atoms with E-state index in [0.29, 0.717) is 4.90 Å². The second kappa shape index (κ2) is 5.75. The monoisotopic (exact) mass is 278 g/mol. The summed E-state index contributed by atoms with van der Waals surface area (Å²) in [6.45, 7) is 0. The summed E-state index contributed by atoms with van der Waals surface area (Å²) < 4.78 is 18.5. The maximum atomic E-state index is 13.1. The van der Waals surface area contributed by atoms with Crippen molar-refractivity contribution in [3.63, 3.8) is 0 Å². The number of carboxylic acids is 1. The number of rotatable bonds is 4. The highest BCUT2D eigenvalue weighted by molar-refractivity contribution is 7.98. The Kier molecular flexibility index (Phi) is 4.06. The van der Waals surface area contributed by atoms with Crippen LogP contribution in [-0.4, -0.2) is 17.3 Å². The summed E-state index contributed by atoms with van der Waals surface area (Å²) in [5.41, 5.74) is 0.0826. The summed E-state index contributed by atoms with van der Waals surface area (Å²) in [6, 6.07) is 10.5. The number of thioether (sulfide) groups is 1. The first-order valence-corrected chi connectivity index (χ1v) is 6.68. The van der Waals surface area contributed by atoms with E-state index in [9.17, 15) is 14.3 Å². The van der Waals surface area contributed by atoms with Crippen LogP contribution in [-0.2, 0) is 0 Å². The molecule has 0 unspecified atom stereocenters. The number of halogens is 1. The normalized spacial score (nSPS) is 10.2. The lowest BCUT2D eigenvalue weighted by atomic mass is 10.2. The molecule has 5 heteroatoms. The summed E-state index contributed by atoms with van der Waals surface area (Å²) in [6.07, 6.45) is 1.79. The van der Waals surface area contributed by atoms with Crippen LogP contribution in [0.2, 0.25) is 0 Å². The van der Waals surface area contributed by atoms with E-state index in [1.54, 1.807) is 30.5 Å². The predicted molar refractivity (Wildman–Crippen MR) is 71.7 cm³/mol. The lowest BCUT2D eigenvalue weighted by Gasteiger charge is -2.11. The SMILES string of the molecule is CSc1cccc(Oc2cccc(F)c2)c1C(=O)O. The fourth-order valence-electron chi connectivity index (χ4n) is 1.63. The molecule has 0 amide bonds. The van der Waals surface area contributed by atoms with Crippen LogP contribution < -0.4 is 4.74 Å². The van der Waals surface area contributed by atoms with Gasteiger partial charge in [0.25, 0.3) is 0 Å². The summed E-state index contributed by atoms with van der Waals surface area (Å²) in [5, 5.41) is 9.24. The van der Waals surface area contributed by atoms with Gasteiger partial charge < -0.3 is 9.84 Å². The minimum absolute atomic E-state index is 0.0826. The molecule has 1 N–H and O–H groups in total. The lowest BCUT2D eigenvalue weighted by molar-refractivity contribution is 0.0690. The number of carboxylic acid groups (broad SMARTS) is 1. The van der Waals surface area contributed by atoms with Gasteiger partial charge in [-0.3, -0.25) is 0 Å². The molecule has 98 valence electrons. The van der Waals surface area contributed by atoms with E-state index < -0.39 is 11.8 Å². The minimum Gasteiger partial charge on any atom is -0.478 e. The van der Waals surface area contributed by atoms with Gasteiger partial charge in [-0.15, -0.1) is 11.8 Å². The molecule has 0 aliphatic carbocycles. The molecule has 0 saturated carbocycles. The summed E-state index contributed by atoms with van der Waals surface area (Å²) in [7, 11) is 0. The molecule has 0 radical (unpaired) electrons. The van der Waals surface area contributed by atoms with E-state index >= 15 is 0 Å². The van der Waals surface area contributed by atoms with E-state index in [1.165, 1.54) is 30.0 Å². The summed E-state index contributed by atoms with van der Waals surface area (Å²) in [5.74, 6) is -1.04. The van der Waals surface area contributed by atoms with E-state index in [2.05, 4.69) is 0 Å². The van der Waals surface area contributed by atoms with Crippen LogP contribution in [0.15, 0.2) is 47.4 Å². The highest BCUT2D eigenvalue weighted by Crippen LogP contribution is 2.32. The zero-order valence-electron chi connectivity index (χ0n) is 10.1. The molecule has 2 rings (SSSR count). The average Bonchev–Trinajstić information content (AvgIpc) is 2.38.